The van der Waals surface area contributed by atoms with Crippen LogP contribution in [-0.4, -0.2) is 20.0 Å². The Morgan fingerprint density at radius 1 is 1.27 bits per heavy atom. The number of hydrogen-bond donors (Lipinski definition) is 0. The summed E-state index contributed by atoms with van der Waals surface area (Å²) >= 11 is 5.98. The van der Waals surface area contributed by atoms with Crippen LogP contribution in [0.2, 0.25) is 5.02 Å². The number of carbonyl (C=O) groups excluding carboxylic acids is 1. The zero-order valence-electron chi connectivity index (χ0n) is 9.18. The van der Waals surface area contributed by atoms with Crippen LogP contribution in [0.1, 0.15) is 22.8 Å². The molecule has 0 saturated carbocycles. The van der Waals surface area contributed by atoms with Crippen molar-refractivity contribution in [1.82, 2.24) is 0 Å². The van der Waals surface area contributed by atoms with E-state index in [1.807, 2.05) is 0 Å². The largest absolute Gasteiger partial charge is 0.496 e. The van der Waals surface area contributed by atoms with Gasteiger partial charge in [0, 0.05) is 5.56 Å². The monoisotopic (exact) mass is 228 g/mol. The highest BCUT2D eigenvalue weighted by molar-refractivity contribution is 6.32. The van der Waals surface area contributed by atoms with Gasteiger partial charge in [0.05, 0.1) is 24.8 Å². The molecule has 1 rings (SSSR count). The molecule has 0 aliphatic carbocycles. The highest BCUT2D eigenvalue weighted by Gasteiger charge is 2.17. The van der Waals surface area contributed by atoms with Crippen molar-refractivity contribution in [2.45, 2.75) is 13.8 Å². The summed E-state index contributed by atoms with van der Waals surface area (Å²) in [5.41, 5.74) is 1.21. The van der Waals surface area contributed by atoms with Crippen molar-refractivity contribution in [3.63, 3.8) is 0 Å². The summed E-state index contributed by atoms with van der Waals surface area (Å²) in [7, 11) is 3.04. The van der Waals surface area contributed by atoms with Crippen molar-refractivity contribution < 1.29 is 14.3 Å². The molecular weight excluding hydrogens is 216 g/mol. The number of ether oxygens (including phenoxy) is 2. The van der Waals surface area contributed by atoms with E-state index in [1.165, 1.54) is 21.1 Å². The van der Waals surface area contributed by atoms with Crippen LogP contribution in [0.15, 0.2) is 6.07 Å². The summed E-state index contributed by atoms with van der Waals surface area (Å²) in [5.74, 6) is 0.974. The van der Waals surface area contributed by atoms with Gasteiger partial charge in [-0.05, 0) is 19.9 Å². The van der Waals surface area contributed by atoms with Gasteiger partial charge in [0.1, 0.15) is 11.5 Å². The molecule has 82 valence electrons. The maximum atomic E-state index is 11.3. The standard InChI is InChI=1S/C11H13ClO3/c1-6-10(14-3)8(7(2)13)5-9(12)11(6)15-4/h5H,1-4H3. The predicted octanol–water partition coefficient (Wildman–Crippen LogP) is 2.87. The van der Waals surface area contributed by atoms with E-state index in [0.717, 1.165) is 5.56 Å². The van der Waals surface area contributed by atoms with Gasteiger partial charge in [-0.25, -0.2) is 0 Å². The lowest BCUT2D eigenvalue weighted by molar-refractivity contribution is 0.101. The zero-order valence-corrected chi connectivity index (χ0v) is 9.94. The smallest absolute Gasteiger partial charge is 0.163 e. The molecule has 15 heavy (non-hydrogen) atoms. The van der Waals surface area contributed by atoms with Crippen LogP contribution < -0.4 is 9.47 Å². The molecule has 1 aromatic rings. The van der Waals surface area contributed by atoms with E-state index in [2.05, 4.69) is 0 Å². The van der Waals surface area contributed by atoms with Gasteiger partial charge in [0.2, 0.25) is 0 Å². The van der Waals surface area contributed by atoms with Crippen LogP contribution in [0, 0.1) is 6.92 Å². The molecule has 0 unspecified atom stereocenters. The van der Waals surface area contributed by atoms with Crippen molar-refractivity contribution in [3.8, 4) is 11.5 Å². The number of benzene rings is 1. The molecule has 0 heterocycles. The van der Waals surface area contributed by atoms with Crippen LogP contribution in [0.4, 0.5) is 0 Å². The first kappa shape index (κ1) is 11.9. The molecule has 0 aliphatic heterocycles. The molecule has 0 radical (unpaired) electrons. The molecule has 0 spiro atoms. The zero-order chi connectivity index (χ0) is 11.6. The Balaban J connectivity index is 3.51. The molecule has 0 bridgehead atoms. The lowest BCUT2D eigenvalue weighted by atomic mass is 10.1. The fourth-order valence-corrected chi connectivity index (χ4v) is 1.85. The molecule has 0 N–H and O–H groups in total. The number of methoxy groups -OCH3 is 2. The minimum absolute atomic E-state index is 0.0838. The second-order valence-electron chi connectivity index (χ2n) is 3.15. The van der Waals surface area contributed by atoms with E-state index in [1.54, 1.807) is 13.0 Å². The fourth-order valence-electron chi connectivity index (χ4n) is 1.52. The molecule has 4 heteroatoms. The van der Waals surface area contributed by atoms with Gasteiger partial charge in [-0.2, -0.15) is 0 Å². The van der Waals surface area contributed by atoms with E-state index >= 15 is 0 Å². The van der Waals surface area contributed by atoms with Crippen LogP contribution in [-0.2, 0) is 0 Å². The number of Topliss-reactive ketones (excluding diaryl/α,β-unsaturated/α-hetero) is 1. The molecule has 0 atom stereocenters. The van der Waals surface area contributed by atoms with E-state index < -0.39 is 0 Å². The van der Waals surface area contributed by atoms with Crippen LogP contribution in [0.5, 0.6) is 11.5 Å². The first-order chi connectivity index (χ1) is 7.02. The molecule has 0 amide bonds. The molecule has 3 nitrogen and oxygen atoms in total. The molecule has 0 aliphatic rings. The lowest BCUT2D eigenvalue weighted by Gasteiger charge is -2.14. The minimum atomic E-state index is -0.0838. The summed E-state index contributed by atoms with van der Waals surface area (Å²) in [5, 5.41) is 0.418. The maximum Gasteiger partial charge on any atom is 0.163 e. The third kappa shape index (κ3) is 2.07. The van der Waals surface area contributed by atoms with Crippen molar-refractivity contribution in [2.75, 3.05) is 14.2 Å². The number of ketones is 1. The third-order valence-electron chi connectivity index (χ3n) is 2.20. The SMILES string of the molecule is COc1c(Cl)cc(C(C)=O)c(OC)c1C. The Kier molecular flexibility index (Phi) is 3.58. The van der Waals surface area contributed by atoms with Crippen molar-refractivity contribution in [2.24, 2.45) is 0 Å². The van der Waals surface area contributed by atoms with Gasteiger partial charge in [0.25, 0.3) is 0 Å². The summed E-state index contributed by atoms with van der Waals surface area (Å²) in [6.07, 6.45) is 0. The minimum Gasteiger partial charge on any atom is -0.496 e. The Morgan fingerprint density at radius 3 is 2.20 bits per heavy atom. The summed E-state index contributed by atoms with van der Waals surface area (Å²) in [4.78, 5) is 11.3. The first-order valence-corrected chi connectivity index (χ1v) is 4.82. The van der Waals surface area contributed by atoms with Gasteiger partial charge in [-0.15, -0.1) is 0 Å². The molecule has 1 aromatic carbocycles. The van der Waals surface area contributed by atoms with E-state index in [4.69, 9.17) is 21.1 Å². The summed E-state index contributed by atoms with van der Waals surface area (Å²) in [6, 6.07) is 1.56. The fraction of sp³-hybridized carbons (Fsp3) is 0.364. The second kappa shape index (κ2) is 4.53. The Hall–Kier alpha value is -1.22. The lowest BCUT2D eigenvalue weighted by Crippen LogP contribution is -2.02. The number of hydrogen-bond acceptors (Lipinski definition) is 3. The molecular formula is C11H13ClO3. The average Bonchev–Trinajstić information content (AvgIpc) is 2.17. The van der Waals surface area contributed by atoms with Crippen LogP contribution in [0.3, 0.4) is 0 Å². The molecule has 0 fully saturated rings. The van der Waals surface area contributed by atoms with Gasteiger partial charge in [0.15, 0.2) is 5.78 Å². The number of halogens is 1. The van der Waals surface area contributed by atoms with Crippen molar-refractivity contribution >= 4 is 17.4 Å². The first-order valence-electron chi connectivity index (χ1n) is 4.45. The van der Waals surface area contributed by atoms with Crippen LogP contribution in [0.25, 0.3) is 0 Å². The van der Waals surface area contributed by atoms with Crippen LogP contribution >= 0.6 is 11.6 Å². The quantitative estimate of drug-likeness (QED) is 0.747. The highest BCUT2D eigenvalue weighted by Crippen LogP contribution is 2.37. The topological polar surface area (TPSA) is 35.5 Å². The van der Waals surface area contributed by atoms with E-state index in [-0.39, 0.29) is 5.78 Å². The second-order valence-corrected chi connectivity index (χ2v) is 3.56. The molecule has 0 saturated heterocycles. The van der Waals surface area contributed by atoms with E-state index in [0.29, 0.717) is 22.1 Å². The Bertz CT molecular complexity index is 399. The number of rotatable bonds is 3. The Morgan fingerprint density at radius 2 is 1.80 bits per heavy atom. The maximum absolute atomic E-state index is 11.3. The normalized spacial score (nSPS) is 9.93. The predicted molar refractivity (Wildman–Crippen MR) is 59.3 cm³/mol. The van der Waals surface area contributed by atoms with E-state index in [9.17, 15) is 4.79 Å². The highest BCUT2D eigenvalue weighted by atomic mass is 35.5. The average molecular weight is 229 g/mol. The summed E-state index contributed by atoms with van der Waals surface area (Å²) in [6.45, 7) is 3.27. The van der Waals surface area contributed by atoms with Gasteiger partial charge in [-0.3, -0.25) is 4.79 Å². The van der Waals surface area contributed by atoms with Gasteiger partial charge in [-0.1, -0.05) is 11.6 Å². The molecule has 0 aromatic heterocycles. The number of carbonyl (C=O) groups is 1. The van der Waals surface area contributed by atoms with Gasteiger partial charge < -0.3 is 9.47 Å². The summed E-state index contributed by atoms with van der Waals surface area (Å²) < 4.78 is 10.3. The third-order valence-corrected chi connectivity index (χ3v) is 2.48. The van der Waals surface area contributed by atoms with Gasteiger partial charge >= 0.3 is 0 Å². The van der Waals surface area contributed by atoms with Crippen molar-refractivity contribution in [3.05, 3.63) is 22.2 Å². The Labute approximate surface area is 93.9 Å². The van der Waals surface area contributed by atoms with Crippen molar-refractivity contribution in [1.29, 1.82) is 0 Å².